The number of para-hydroxylation sites is 1. The predicted octanol–water partition coefficient (Wildman–Crippen LogP) is 2.95. The highest BCUT2D eigenvalue weighted by atomic mass is 32.2. The van der Waals surface area contributed by atoms with Crippen LogP contribution >= 0.6 is 0 Å². The Morgan fingerprint density at radius 3 is 2.69 bits per heavy atom. The molecule has 0 saturated carbocycles. The van der Waals surface area contributed by atoms with Crippen molar-refractivity contribution < 1.29 is 17.9 Å². The molecule has 0 spiro atoms. The molecule has 1 aromatic heterocycles. The molecule has 0 radical (unpaired) electrons. The fourth-order valence-corrected chi connectivity index (χ4v) is 4.46. The lowest BCUT2D eigenvalue weighted by Gasteiger charge is -2.20. The molecule has 9 nitrogen and oxygen atoms in total. The second-order valence-corrected chi connectivity index (χ2v) is 9.31. The second-order valence-electron chi connectivity index (χ2n) is 7.12. The van der Waals surface area contributed by atoms with Crippen LogP contribution in [0.3, 0.4) is 0 Å². The van der Waals surface area contributed by atoms with Gasteiger partial charge in [-0.25, -0.2) is 13.2 Å². The van der Waals surface area contributed by atoms with Gasteiger partial charge in [0, 0.05) is 18.7 Å². The number of nitrogens with one attached hydrogen (secondary N) is 3. The van der Waals surface area contributed by atoms with Gasteiger partial charge in [0.2, 0.25) is 0 Å². The Kier molecular flexibility index (Phi) is 7.04. The molecule has 0 amide bonds. The first-order valence-corrected chi connectivity index (χ1v) is 12.0. The van der Waals surface area contributed by atoms with Crippen LogP contribution in [0.15, 0.2) is 53.5 Å². The van der Waals surface area contributed by atoms with Crippen LogP contribution in [-0.2, 0) is 9.84 Å². The maximum absolute atomic E-state index is 13.0. The first-order valence-electron chi connectivity index (χ1n) is 9.93. The third-order valence-electron chi connectivity index (χ3n) is 4.83. The molecule has 0 fully saturated rings. The lowest BCUT2D eigenvalue weighted by molar-refractivity contribution is 0.310. The molecule has 3 aromatic rings. The molecule has 3 rings (SSSR count). The van der Waals surface area contributed by atoms with Crippen molar-refractivity contribution in [1.29, 1.82) is 5.41 Å². The predicted molar refractivity (Wildman–Crippen MR) is 126 cm³/mol. The summed E-state index contributed by atoms with van der Waals surface area (Å²) in [5.74, 6) is 0.714. The number of benzene rings is 2. The van der Waals surface area contributed by atoms with Crippen molar-refractivity contribution in [3.8, 4) is 11.5 Å². The lowest BCUT2D eigenvalue weighted by atomic mass is 10.1. The summed E-state index contributed by atoms with van der Waals surface area (Å²) in [4.78, 5) is 15.9. The summed E-state index contributed by atoms with van der Waals surface area (Å²) < 4.78 is 37.0. The molecule has 0 aliphatic rings. The number of rotatable bonds is 10. The van der Waals surface area contributed by atoms with E-state index in [4.69, 9.17) is 14.9 Å². The van der Waals surface area contributed by atoms with Gasteiger partial charge in [-0.2, -0.15) is 0 Å². The number of methoxy groups -OCH3 is 1. The topological polar surface area (TPSA) is 126 Å². The maximum Gasteiger partial charge on any atom is 0.327 e. The van der Waals surface area contributed by atoms with Crippen molar-refractivity contribution in [2.75, 3.05) is 31.0 Å². The van der Waals surface area contributed by atoms with Crippen LogP contribution in [0.25, 0.3) is 11.0 Å². The van der Waals surface area contributed by atoms with Gasteiger partial charge in [-0.05, 0) is 42.8 Å². The van der Waals surface area contributed by atoms with Gasteiger partial charge in [-0.3, -0.25) is 4.57 Å². The number of hydrogen-bond donors (Lipinski definition) is 3. The first-order chi connectivity index (χ1) is 15.3. The van der Waals surface area contributed by atoms with E-state index in [1.807, 2.05) is 6.92 Å². The molecule has 0 aliphatic heterocycles. The van der Waals surface area contributed by atoms with Gasteiger partial charge in [0.15, 0.2) is 11.5 Å². The van der Waals surface area contributed by atoms with Crippen molar-refractivity contribution in [3.05, 3.63) is 64.7 Å². The molecule has 3 N–H and O–H groups in total. The molecular formula is C22H26N4O5S. The van der Waals surface area contributed by atoms with Crippen LogP contribution < -0.4 is 20.5 Å². The zero-order valence-corrected chi connectivity index (χ0v) is 18.9. The van der Waals surface area contributed by atoms with Gasteiger partial charge in [-0.15, -0.1) is 0 Å². The highest BCUT2D eigenvalue weighted by molar-refractivity contribution is 7.90. The van der Waals surface area contributed by atoms with E-state index in [-0.39, 0.29) is 5.75 Å². The number of sulfone groups is 1. The average Bonchev–Trinajstić information content (AvgIpc) is 3.08. The zero-order valence-electron chi connectivity index (χ0n) is 18.1. The highest BCUT2D eigenvalue weighted by Crippen LogP contribution is 2.33. The molecule has 1 heterocycles. The summed E-state index contributed by atoms with van der Waals surface area (Å²) >= 11 is 0. The Balaban J connectivity index is 2.21. The van der Waals surface area contributed by atoms with E-state index >= 15 is 0 Å². The smallest absolute Gasteiger partial charge is 0.327 e. The molecule has 0 bridgehead atoms. The second kappa shape index (κ2) is 9.73. The van der Waals surface area contributed by atoms with E-state index in [1.165, 1.54) is 17.8 Å². The minimum absolute atomic E-state index is 0.275. The summed E-state index contributed by atoms with van der Waals surface area (Å²) in [6.45, 7) is 2.24. The largest absolute Gasteiger partial charge is 0.493 e. The van der Waals surface area contributed by atoms with Crippen LogP contribution in [0.1, 0.15) is 18.5 Å². The summed E-state index contributed by atoms with van der Waals surface area (Å²) in [6.07, 6.45) is 5.35. The number of anilines is 1. The average molecular weight is 459 g/mol. The Bertz CT molecular complexity index is 1310. The molecule has 0 saturated heterocycles. The van der Waals surface area contributed by atoms with E-state index < -0.39 is 21.6 Å². The number of nitrogens with zero attached hydrogens (tertiary/aromatic N) is 1. The van der Waals surface area contributed by atoms with E-state index in [0.29, 0.717) is 40.4 Å². The lowest BCUT2D eigenvalue weighted by Crippen LogP contribution is -2.28. The van der Waals surface area contributed by atoms with Gasteiger partial charge in [0.1, 0.15) is 9.84 Å². The molecule has 0 aliphatic carbocycles. The normalized spacial score (nSPS) is 12.7. The minimum Gasteiger partial charge on any atom is -0.493 e. The Morgan fingerprint density at radius 2 is 2.03 bits per heavy atom. The van der Waals surface area contributed by atoms with Crippen LogP contribution in [0.5, 0.6) is 11.5 Å². The van der Waals surface area contributed by atoms with Crippen molar-refractivity contribution in [1.82, 2.24) is 9.55 Å². The molecule has 10 heteroatoms. The maximum atomic E-state index is 13.0. The van der Waals surface area contributed by atoms with Gasteiger partial charge >= 0.3 is 5.69 Å². The Hall–Kier alpha value is -3.53. The van der Waals surface area contributed by atoms with Gasteiger partial charge in [0.25, 0.3) is 0 Å². The van der Waals surface area contributed by atoms with E-state index in [9.17, 15) is 13.2 Å². The highest BCUT2D eigenvalue weighted by Gasteiger charge is 2.25. The molecule has 0 unspecified atom stereocenters. The number of fused-ring (bicyclic) bond motifs is 1. The summed E-state index contributed by atoms with van der Waals surface area (Å²) in [6, 6.07) is 9.65. The monoisotopic (exact) mass is 458 g/mol. The van der Waals surface area contributed by atoms with Crippen LogP contribution in [0.2, 0.25) is 0 Å². The van der Waals surface area contributed by atoms with Crippen molar-refractivity contribution in [3.63, 3.8) is 0 Å². The summed E-state index contributed by atoms with van der Waals surface area (Å²) in [5.41, 5.74) is 1.87. The number of imidazole rings is 1. The molecule has 1 atom stereocenters. The number of ether oxygens (including phenoxy) is 2. The third-order valence-corrected chi connectivity index (χ3v) is 5.75. The fourth-order valence-electron chi connectivity index (χ4n) is 3.54. The van der Waals surface area contributed by atoms with Crippen molar-refractivity contribution in [2.24, 2.45) is 0 Å². The van der Waals surface area contributed by atoms with Gasteiger partial charge in [-0.1, -0.05) is 12.1 Å². The van der Waals surface area contributed by atoms with Crippen LogP contribution in [0.4, 0.5) is 5.69 Å². The van der Waals surface area contributed by atoms with Crippen LogP contribution in [0, 0.1) is 5.41 Å². The Labute approximate surface area is 186 Å². The van der Waals surface area contributed by atoms with Crippen LogP contribution in [-0.4, -0.2) is 49.9 Å². The van der Waals surface area contributed by atoms with E-state index in [0.717, 1.165) is 12.5 Å². The molecule has 2 aromatic carbocycles. The zero-order chi connectivity index (χ0) is 23.3. The summed E-state index contributed by atoms with van der Waals surface area (Å²) in [7, 11) is -1.92. The fraction of sp³-hybridized carbons (Fsp3) is 0.273. The summed E-state index contributed by atoms with van der Waals surface area (Å²) in [5, 5.41) is 10.1. The molecular weight excluding hydrogens is 432 g/mol. The molecule has 170 valence electrons. The Morgan fingerprint density at radius 1 is 1.25 bits per heavy atom. The third kappa shape index (κ3) is 5.02. The number of allylic oxidation sites excluding steroid dienone is 1. The van der Waals surface area contributed by atoms with Gasteiger partial charge in [0.05, 0.1) is 42.2 Å². The first kappa shape index (κ1) is 23.1. The standard InChI is InChI=1S/C22H26N4O5S/c1-4-31-20-13-15(9-10-19(20)30-2)18(14-32(3,28)29)26-17-8-5-7-16(24-12-6-11-23)21(17)25-22(26)27/h5-13,18,23-24H,4,14H2,1-3H3,(H,25,27)/b12-6-,23-11?/t18-/m0/s1. The van der Waals surface area contributed by atoms with Crippen molar-refractivity contribution in [2.45, 2.75) is 13.0 Å². The van der Waals surface area contributed by atoms with Crippen molar-refractivity contribution >= 4 is 32.8 Å². The number of H-pyrrole nitrogens is 1. The van der Waals surface area contributed by atoms with E-state index in [1.54, 1.807) is 42.6 Å². The minimum atomic E-state index is -3.45. The number of aromatic amines is 1. The van der Waals surface area contributed by atoms with Gasteiger partial charge < -0.3 is 25.2 Å². The molecule has 32 heavy (non-hydrogen) atoms. The quantitative estimate of drug-likeness (QED) is 0.401. The number of aromatic nitrogens is 2. The number of hydrogen-bond acceptors (Lipinski definition) is 7. The SMILES string of the molecule is CCOc1cc([C@H](CS(C)(=O)=O)n2c(=O)[nH]c3c(N/C=C\C=N)cccc32)ccc1OC. The van der Waals surface area contributed by atoms with E-state index in [2.05, 4.69) is 10.3 Å².